The molecule has 1 aliphatic rings. The van der Waals surface area contributed by atoms with Crippen LogP contribution in [-0.2, 0) is 0 Å². The number of benzene rings is 4. The van der Waals surface area contributed by atoms with E-state index in [-0.39, 0.29) is 5.54 Å². The predicted molar refractivity (Wildman–Crippen MR) is 231 cm³/mol. The first-order chi connectivity index (χ1) is 26.1. The topological polar surface area (TPSA) is 46.4 Å². The van der Waals surface area contributed by atoms with E-state index in [2.05, 4.69) is 178 Å². The number of nitrogens with zero attached hydrogens (tertiary/aromatic N) is 5. The number of hydrogen-bond acceptors (Lipinski definition) is 5. The van der Waals surface area contributed by atoms with Crippen LogP contribution < -0.4 is 9.64 Å². The Morgan fingerprint density at radius 3 is 1.98 bits per heavy atom. The van der Waals surface area contributed by atoms with Gasteiger partial charge in [-0.05, 0) is 135 Å². The molecule has 0 saturated carbocycles. The van der Waals surface area contributed by atoms with Gasteiger partial charge in [-0.2, -0.15) is 5.10 Å². The Balaban J connectivity index is 1.39. The van der Waals surface area contributed by atoms with Crippen molar-refractivity contribution >= 4 is 16.6 Å². The maximum atomic E-state index is 6.66. The second kappa shape index (κ2) is 14.7. The summed E-state index contributed by atoms with van der Waals surface area (Å²) in [7, 11) is 0. The SMILES string of the molecule is Cc1cc(C)c(-c2ccnc(-n3nc(-c4c(C(C)C)cc(C(C)C)cc4C(C)C)c4ccc(Oc5cccc(N6C=CN(C(C)(C)C)C6)c5)cc43)c2)c(C)c1. The summed E-state index contributed by atoms with van der Waals surface area (Å²) in [6, 6.07) is 28.3. The molecule has 6 aromatic rings. The zero-order valence-electron chi connectivity index (χ0n) is 34.8. The third-order valence-electron chi connectivity index (χ3n) is 10.9. The second-order valence-electron chi connectivity index (χ2n) is 17.3. The van der Waals surface area contributed by atoms with E-state index >= 15 is 0 Å². The van der Waals surface area contributed by atoms with Gasteiger partial charge in [-0.25, -0.2) is 9.67 Å². The van der Waals surface area contributed by atoms with Crippen molar-refractivity contribution in [3.8, 4) is 39.7 Å². The van der Waals surface area contributed by atoms with Gasteiger partial charge in [-0.3, -0.25) is 0 Å². The van der Waals surface area contributed by atoms with Gasteiger partial charge in [-0.15, -0.1) is 0 Å². The Kier molecular flexibility index (Phi) is 10.1. The largest absolute Gasteiger partial charge is 0.457 e. The lowest BCUT2D eigenvalue weighted by Gasteiger charge is -2.33. The standard InChI is InChI=1S/C49H57N5O/c1-30(2)37-24-42(31(3)4)47(43(25-37)32(5)6)48-41-17-16-40(55-39-15-13-14-38(27-39)52-20-21-53(29-52)49(10,11)12)28-44(41)54(51-48)45-26-36(18-19-50-45)46-34(8)22-33(7)23-35(46)9/h13-28,30-32H,29H2,1-12H3. The molecule has 55 heavy (non-hydrogen) atoms. The molecular weight excluding hydrogens is 675 g/mol. The van der Waals surface area contributed by atoms with E-state index in [0.717, 1.165) is 51.8 Å². The van der Waals surface area contributed by atoms with Crippen LogP contribution in [-0.4, -0.2) is 31.9 Å². The minimum Gasteiger partial charge on any atom is -0.457 e. The first kappa shape index (κ1) is 37.9. The minimum absolute atomic E-state index is 0.0467. The van der Waals surface area contributed by atoms with E-state index < -0.39 is 0 Å². The van der Waals surface area contributed by atoms with Crippen LogP contribution in [0.1, 0.15) is 113 Å². The number of aromatic nitrogens is 3. The average molecular weight is 732 g/mol. The molecule has 0 saturated heterocycles. The number of hydrogen-bond donors (Lipinski definition) is 0. The smallest absolute Gasteiger partial charge is 0.154 e. The van der Waals surface area contributed by atoms with E-state index in [1.165, 1.54) is 44.5 Å². The van der Waals surface area contributed by atoms with Gasteiger partial charge in [0.15, 0.2) is 5.82 Å². The minimum atomic E-state index is 0.0467. The molecule has 0 N–H and O–H groups in total. The van der Waals surface area contributed by atoms with Crippen molar-refractivity contribution in [1.29, 1.82) is 0 Å². The lowest BCUT2D eigenvalue weighted by atomic mass is 9.83. The average Bonchev–Trinajstić information content (AvgIpc) is 3.77. The summed E-state index contributed by atoms with van der Waals surface area (Å²) in [5.74, 6) is 3.36. The van der Waals surface area contributed by atoms with Gasteiger partial charge in [0, 0.05) is 52.9 Å². The Morgan fingerprint density at radius 1 is 0.691 bits per heavy atom. The molecule has 0 amide bonds. The van der Waals surface area contributed by atoms with E-state index in [0.29, 0.717) is 17.8 Å². The van der Waals surface area contributed by atoms with Crippen molar-refractivity contribution in [2.45, 2.75) is 106 Å². The number of pyridine rings is 1. The second-order valence-corrected chi connectivity index (χ2v) is 17.3. The molecule has 1 aliphatic heterocycles. The van der Waals surface area contributed by atoms with Crippen molar-refractivity contribution in [3.05, 3.63) is 131 Å². The first-order valence-electron chi connectivity index (χ1n) is 19.8. The fourth-order valence-corrected chi connectivity index (χ4v) is 7.96. The van der Waals surface area contributed by atoms with Gasteiger partial charge in [-0.1, -0.05) is 77.4 Å². The van der Waals surface area contributed by atoms with Crippen LogP contribution in [0, 0.1) is 20.8 Å². The van der Waals surface area contributed by atoms with Gasteiger partial charge in [0.2, 0.25) is 0 Å². The summed E-state index contributed by atoms with van der Waals surface area (Å²) in [5, 5.41) is 6.58. The van der Waals surface area contributed by atoms with Crippen LogP contribution in [0.25, 0.3) is 39.1 Å². The quantitative estimate of drug-likeness (QED) is 0.148. The van der Waals surface area contributed by atoms with Gasteiger partial charge in [0.05, 0.1) is 12.2 Å². The van der Waals surface area contributed by atoms with Crippen LogP contribution in [0.2, 0.25) is 0 Å². The lowest BCUT2D eigenvalue weighted by Crippen LogP contribution is -2.39. The highest BCUT2D eigenvalue weighted by Crippen LogP contribution is 2.43. The Labute approximate surface area is 328 Å². The number of aryl methyl sites for hydroxylation is 3. The molecule has 0 unspecified atom stereocenters. The Hall–Kier alpha value is -5.36. The van der Waals surface area contributed by atoms with E-state index in [1.807, 2.05) is 16.9 Å². The first-order valence-corrected chi connectivity index (χ1v) is 19.8. The number of fused-ring (bicyclic) bond motifs is 1. The summed E-state index contributed by atoms with van der Waals surface area (Å²) >= 11 is 0. The van der Waals surface area contributed by atoms with E-state index in [1.54, 1.807) is 0 Å². The van der Waals surface area contributed by atoms with Crippen molar-refractivity contribution < 1.29 is 4.74 Å². The third kappa shape index (κ3) is 7.52. The van der Waals surface area contributed by atoms with Crippen LogP contribution in [0.5, 0.6) is 11.5 Å². The molecule has 6 nitrogen and oxygen atoms in total. The van der Waals surface area contributed by atoms with Crippen LogP contribution in [0.15, 0.2) is 97.5 Å². The number of rotatable bonds is 9. The highest BCUT2D eigenvalue weighted by atomic mass is 16.5. The zero-order valence-corrected chi connectivity index (χ0v) is 34.8. The normalized spacial score (nSPS) is 13.4. The number of ether oxygens (including phenoxy) is 1. The molecule has 6 heteroatoms. The molecule has 0 bridgehead atoms. The fraction of sp³-hybridized carbons (Fsp3) is 0.347. The molecule has 7 rings (SSSR count). The highest BCUT2D eigenvalue weighted by Gasteiger charge is 2.26. The molecule has 3 heterocycles. The zero-order chi connectivity index (χ0) is 39.3. The molecule has 0 spiro atoms. The summed E-state index contributed by atoms with van der Waals surface area (Å²) < 4.78 is 8.69. The molecule has 0 atom stereocenters. The summed E-state index contributed by atoms with van der Waals surface area (Å²) in [6.07, 6.45) is 6.21. The third-order valence-corrected chi connectivity index (χ3v) is 10.9. The molecule has 0 radical (unpaired) electrons. The van der Waals surface area contributed by atoms with Gasteiger partial charge in [0.25, 0.3) is 0 Å². The van der Waals surface area contributed by atoms with Gasteiger partial charge in [0.1, 0.15) is 17.2 Å². The number of anilines is 1. The van der Waals surface area contributed by atoms with Crippen LogP contribution in [0.4, 0.5) is 5.69 Å². The predicted octanol–water partition coefficient (Wildman–Crippen LogP) is 13.2. The van der Waals surface area contributed by atoms with Crippen LogP contribution in [0.3, 0.4) is 0 Å². The van der Waals surface area contributed by atoms with Gasteiger partial charge < -0.3 is 14.5 Å². The van der Waals surface area contributed by atoms with Crippen molar-refractivity contribution in [2.24, 2.45) is 0 Å². The fourth-order valence-electron chi connectivity index (χ4n) is 7.96. The van der Waals surface area contributed by atoms with Crippen LogP contribution >= 0.6 is 0 Å². The van der Waals surface area contributed by atoms with E-state index in [9.17, 15) is 0 Å². The molecule has 4 aromatic carbocycles. The monoisotopic (exact) mass is 731 g/mol. The maximum Gasteiger partial charge on any atom is 0.154 e. The molecular formula is C49H57N5O. The molecule has 2 aromatic heterocycles. The summed E-state index contributed by atoms with van der Waals surface area (Å²) in [5.41, 5.74) is 14.4. The maximum absolute atomic E-state index is 6.66. The molecule has 0 fully saturated rings. The summed E-state index contributed by atoms with van der Waals surface area (Å²) in [6.45, 7) is 27.8. The Morgan fingerprint density at radius 2 is 1.36 bits per heavy atom. The molecule has 284 valence electrons. The van der Waals surface area contributed by atoms with Crippen molar-refractivity contribution in [2.75, 3.05) is 11.6 Å². The summed E-state index contributed by atoms with van der Waals surface area (Å²) in [4.78, 5) is 9.55. The van der Waals surface area contributed by atoms with E-state index in [4.69, 9.17) is 14.8 Å². The highest BCUT2D eigenvalue weighted by molar-refractivity contribution is 5.97. The molecule has 0 aliphatic carbocycles. The Bertz CT molecular complexity index is 2360. The van der Waals surface area contributed by atoms with Crippen molar-refractivity contribution in [1.82, 2.24) is 19.7 Å². The van der Waals surface area contributed by atoms with Crippen molar-refractivity contribution in [3.63, 3.8) is 0 Å². The van der Waals surface area contributed by atoms with Gasteiger partial charge >= 0.3 is 0 Å². The lowest BCUT2D eigenvalue weighted by molar-refractivity contribution is 0.223.